The molecule has 0 saturated heterocycles. The molecule has 2 aromatic carbocycles. The second kappa shape index (κ2) is 5.75. The Morgan fingerprint density at radius 1 is 1.10 bits per heavy atom. The quantitative estimate of drug-likeness (QED) is 0.551. The zero-order chi connectivity index (χ0) is 13.8. The van der Waals surface area contributed by atoms with E-state index < -0.39 is 0 Å². The average Bonchev–Trinajstić information content (AvgIpc) is 2.91. The van der Waals surface area contributed by atoms with Crippen molar-refractivity contribution < 1.29 is 4.42 Å². The maximum Gasteiger partial charge on any atom is 0.181 e. The van der Waals surface area contributed by atoms with Crippen LogP contribution in [0.25, 0.3) is 11.1 Å². The fourth-order valence-corrected chi connectivity index (χ4v) is 2.22. The number of oxazole rings is 1. The SMILES string of the molecule is Nc1cccc(CNCCc2ccc3ncoc3c2)c1. The fraction of sp³-hybridized carbons (Fsp3) is 0.188. The minimum Gasteiger partial charge on any atom is -0.443 e. The molecule has 0 spiro atoms. The van der Waals surface area contributed by atoms with Gasteiger partial charge in [0.05, 0.1) is 0 Å². The largest absolute Gasteiger partial charge is 0.443 e. The summed E-state index contributed by atoms with van der Waals surface area (Å²) in [6.07, 6.45) is 2.44. The van der Waals surface area contributed by atoms with Crippen molar-refractivity contribution in [3.8, 4) is 0 Å². The van der Waals surface area contributed by atoms with Crippen LogP contribution in [0.15, 0.2) is 53.3 Å². The maximum atomic E-state index is 5.75. The molecule has 0 atom stereocenters. The zero-order valence-corrected chi connectivity index (χ0v) is 11.2. The van der Waals surface area contributed by atoms with Gasteiger partial charge in [0, 0.05) is 12.2 Å². The molecule has 3 rings (SSSR count). The highest BCUT2D eigenvalue weighted by Gasteiger charge is 2.00. The van der Waals surface area contributed by atoms with Crippen LogP contribution in [0.4, 0.5) is 5.69 Å². The molecule has 20 heavy (non-hydrogen) atoms. The lowest BCUT2D eigenvalue weighted by atomic mass is 10.1. The third-order valence-electron chi connectivity index (χ3n) is 3.27. The van der Waals surface area contributed by atoms with Crippen molar-refractivity contribution >= 4 is 16.8 Å². The summed E-state index contributed by atoms with van der Waals surface area (Å²) in [6, 6.07) is 14.1. The lowest BCUT2D eigenvalue weighted by Gasteiger charge is -2.06. The van der Waals surface area contributed by atoms with Crippen LogP contribution in [0.3, 0.4) is 0 Å². The Morgan fingerprint density at radius 2 is 2.05 bits per heavy atom. The van der Waals surface area contributed by atoms with Crippen molar-refractivity contribution in [1.82, 2.24) is 10.3 Å². The van der Waals surface area contributed by atoms with Gasteiger partial charge in [-0.15, -0.1) is 0 Å². The predicted octanol–water partition coefficient (Wildman–Crippen LogP) is 2.74. The molecule has 1 heterocycles. The van der Waals surface area contributed by atoms with Gasteiger partial charge >= 0.3 is 0 Å². The monoisotopic (exact) mass is 267 g/mol. The summed E-state index contributed by atoms with van der Waals surface area (Å²) in [5, 5.41) is 3.42. The summed E-state index contributed by atoms with van der Waals surface area (Å²) < 4.78 is 5.30. The van der Waals surface area contributed by atoms with Crippen LogP contribution in [-0.4, -0.2) is 11.5 Å². The summed E-state index contributed by atoms with van der Waals surface area (Å²) in [6.45, 7) is 1.74. The average molecular weight is 267 g/mol. The van der Waals surface area contributed by atoms with E-state index in [2.05, 4.69) is 22.4 Å². The number of anilines is 1. The number of hydrogen-bond acceptors (Lipinski definition) is 4. The van der Waals surface area contributed by atoms with Crippen LogP contribution >= 0.6 is 0 Å². The third-order valence-corrected chi connectivity index (χ3v) is 3.27. The molecular formula is C16H17N3O. The van der Waals surface area contributed by atoms with Gasteiger partial charge in [0.2, 0.25) is 0 Å². The van der Waals surface area contributed by atoms with E-state index in [0.717, 1.165) is 36.3 Å². The zero-order valence-electron chi connectivity index (χ0n) is 11.2. The molecule has 0 saturated carbocycles. The summed E-state index contributed by atoms with van der Waals surface area (Å²) in [4.78, 5) is 4.11. The number of benzene rings is 2. The van der Waals surface area contributed by atoms with Crippen LogP contribution in [-0.2, 0) is 13.0 Å². The highest BCUT2D eigenvalue weighted by Crippen LogP contribution is 2.14. The molecule has 1 aromatic heterocycles. The number of hydrogen-bond donors (Lipinski definition) is 2. The Hall–Kier alpha value is -2.33. The first-order valence-corrected chi connectivity index (χ1v) is 6.68. The molecule has 3 aromatic rings. The van der Waals surface area contributed by atoms with Crippen molar-refractivity contribution in [1.29, 1.82) is 0 Å². The highest BCUT2D eigenvalue weighted by atomic mass is 16.3. The van der Waals surface area contributed by atoms with Crippen molar-refractivity contribution in [2.24, 2.45) is 0 Å². The van der Waals surface area contributed by atoms with E-state index in [9.17, 15) is 0 Å². The van der Waals surface area contributed by atoms with Crippen LogP contribution in [0.5, 0.6) is 0 Å². The van der Waals surface area contributed by atoms with E-state index in [4.69, 9.17) is 10.2 Å². The van der Waals surface area contributed by atoms with E-state index >= 15 is 0 Å². The fourth-order valence-electron chi connectivity index (χ4n) is 2.22. The second-order valence-corrected chi connectivity index (χ2v) is 4.83. The number of fused-ring (bicyclic) bond motifs is 1. The van der Waals surface area contributed by atoms with E-state index in [0.29, 0.717) is 0 Å². The molecule has 0 bridgehead atoms. The minimum atomic E-state index is 0.806. The van der Waals surface area contributed by atoms with E-state index in [1.165, 1.54) is 17.5 Å². The van der Waals surface area contributed by atoms with Crippen LogP contribution in [0.2, 0.25) is 0 Å². The molecule has 102 valence electrons. The molecule has 4 heteroatoms. The molecule has 0 aliphatic rings. The normalized spacial score (nSPS) is 11.0. The van der Waals surface area contributed by atoms with Crippen molar-refractivity contribution in [3.63, 3.8) is 0 Å². The van der Waals surface area contributed by atoms with Crippen LogP contribution in [0, 0.1) is 0 Å². The summed E-state index contributed by atoms with van der Waals surface area (Å²) in [5.74, 6) is 0. The summed E-state index contributed by atoms with van der Waals surface area (Å²) >= 11 is 0. The van der Waals surface area contributed by atoms with Gasteiger partial charge in [0.1, 0.15) is 5.52 Å². The van der Waals surface area contributed by atoms with Gasteiger partial charge in [-0.05, 0) is 48.4 Å². The Kier molecular flexibility index (Phi) is 3.65. The Labute approximate surface area is 117 Å². The third kappa shape index (κ3) is 2.97. The maximum absolute atomic E-state index is 5.75. The molecule has 0 unspecified atom stereocenters. The molecule has 3 N–H and O–H groups in total. The van der Waals surface area contributed by atoms with E-state index in [1.807, 2.05) is 30.3 Å². The van der Waals surface area contributed by atoms with Gasteiger partial charge in [-0.3, -0.25) is 0 Å². The Balaban J connectivity index is 1.52. The van der Waals surface area contributed by atoms with Crippen LogP contribution < -0.4 is 11.1 Å². The molecule has 0 radical (unpaired) electrons. The molecule has 0 amide bonds. The smallest absolute Gasteiger partial charge is 0.181 e. The van der Waals surface area contributed by atoms with Gasteiger partial charge in [-0.25, -0.2) is 4.98 Å². The van der Waals surface area contributed by atoms with Gasteiger partial charge in [0.25, 0.3) is 0 Å². The van der Waals surface area contributed by atoms with Crippen LogP contribution in [0.1, 0.15) is 11.1 Å². The number of nitrogen functional groups attached to an aromatic ring is 1. The van der Waals surface area contributed by atoms with Crippen molar-refractivity contribution in [2.45, 2.75) is 13.0 Å². The van der Waals surface area contributed by atoms with E-state index in [1.54, 1.807) is 0 Å². The number of nitrogens with one attached hydrogen (secondary N) is 1. The number of nitrogens with zero attached hydrogens (tertiary/aromatic N) is 1. The first-order chi connectivity index (χ1) is 9.81. The number of aromatic nitrogens is 1. The standard InChI is InChI=1S/C16H17N3O/c17-14-3-1-2-13(8-14)10-18-7-6-12-4-5-15-16(9-12)20-11-19-15/h1-5,8-9,11,18H,6-7,10,17H2. The van der Waals surface area contributed by atoms with Gasteiger partial charge in [-0.2, -0.15) is 0 Å². The highest BCUT2D eigenvalue weighted by molar-refractivity contribution is 5.72. The van der Waals surface area contributed by atoms with Crippen molar-refractivity contribution in [2.75, 3.05) is 12.3 Å². The molecule has 0 aliphatic heterocycles. The van der Waals surface area contributed by atoms with Gasteiger partial charge in [0.15, 0.2) is 12.0 Å². The summed E-state index contributed by atoms with van der Waals surface area (Å²) in [7, 11) is 0. The number of rotatable bonds is 5. The van der Waals surface area contributed by atoms with Crippen molar-refractivity contribution in [3.05, 3.63) is 60.0 Å². The molecule has 4 nitrogen and oxygen atoms in total. The first-order valence-electron chi connectivity index (χ1n) is 6.68. The lowest BCUT2D eigenvalue weighted by molar-refractivity contribution is 0.601. The topological polar surface area (TPSA) is 64.1 Å². The minimum absolute atomic E-state index is 0.806. The molecular weight excluding hydrogens is 250 g/mol. The Bertz CT molecular complexity index is 706. The van der Waals surface area contributed by atoms with E-state index in [-0.39, 0.29) is 0 Å². The lowest BCUT2D eigenvalue weighted by Crippen LogP contribution is -2.16. The number of nitrogens with two attached hydrogens (primary N) is 1. The van der Waals surface area contributed by atoms with Gasteiger partial charge < -0.3 is 15.5 Å². The Morgan fingerprint density at radius 3 is 2.95 bits per heavy atom. The summed E-state index contributed by atoms with van der Waals surface area (Å²) in [5.41, 5.74) is 10.8. The molecule has 0 aliphatic carbocycles. The predicted molar refractivity (Wildman–Crippen MR) is 80.3 cm³/mol. The molecule has 0 fully saturated rings. The first kappa shape index (κ1) is 12.7. The van der Waals surface area contributed by atoms with Gasteiger partial charge in [-0.1, -0.05) is 18.2 Å². The second-order valence-electron chi connectivity index (χ2n) is 4.83.